The standard InChI is InChI=1S/C19H23ClN6OS/c1-12-7-8-13(20)16-15(12)21-19(28-16)26(11-5-9-24(2)3)18(27)17-23-22-14-6-4-10-25(14)17/h7-8H,4-6,9-11H2,1-3H3. The first-order chi connectivity index (χ1) is 13.5. The van der Waals surface area contributed by atoms with E-state index in [0.717, 1.165) is 54.0 Å². The van der Waals surface area contributed by atoms with Crippen molar-refractivity contribution in [3.8, 4) is 0 Å². The van der Waals surface area contributed by atoms with Crippen LogP contribution in [0.3, 0.4) is 0 Å². The average molecular weight is 419 g/mol. The van der Waals surface area contributed by atoms with Gasteiger partial charge in [-0.25, -0.2) is 4.98 Å². The monoisotopic (exact) mass is 418 g/mol. The summed E-state index contributed by atoms with van der Waals surface area (Å²) in [6, 6.07) is 3.84. The van der Waals surface area contributed by atoms with Crippen molar-refractivity contribution in [2.24, 2.45) is 0 Å². The van der Waals surface area contributed by atoms with Crippen LogP contribution < -0.4 is 4.90 Å². The molecule has 1 aliphatic rings. The lowest BCUT2D eigenvalue weighted by Crippen LogP contribution is -2.35. The number of nitrogens with zero attached hydrogens (tertiary/aromatic N) is 6. The summed E-state index contributed by atoms with van der Waals surface area (Å²) in [6.45, 7) is 4.24. The molecule has 0 spiro atoms. The molecule has 0 fully saturated rings. The highest BCUT2D eigenvalue weighted by atomic mass is 35.5. The van der Waals surface area contributed by atoms with E-state index in [1.165, 1.54) is 11.3 Å². The Hall–Kier alpha value is -2.03. The molecule has 7 nitrogen and oxygen atoms in total. The van der Waals surface area contributed by atoms with Gasteiger partial charge in [0.05, 0.1) is 15.2 Å². The number of halogens is 1. The van der Waals surface area contributed by atoms with Crippen molar-refractivity contribution in [2.45, 2.75) is 32.7 Å². The summed E-state index contributed by atoms with van der Waals surface area (Å²) in [5.41, 5.74) is 1.90. The maximum atomic E-state index is 13.4. The summed E-state index contributed by atoms with van der Waals surface area (Å²) in [5, 5.41) is 9.69. The number of carbonyl (C=O) groups is 1. The van der Waals surface area contributed by atoms with Crippen LogP contribution in [0.25, 0.3) is 10.2 Å². The molecule has 1 aromatic carbocycles. The molecule has 9 heteroatoms. The van der Waals surface area contributed by atoms with Gasteiger partial charge < -0.3 is 9.47 Å². The number of aryl methyl sites for hydroxylation is 2. The molecular formula is C19H23ClN6OS. The van der Waals surface area contributed by atoms with Gasteiger partial charge in [0.25, 0.3) is 5.91 Å². The van der Waals surface area contributed by atoms with E-state index >= 15 is 0 Å². The van der Waals surface area contributed by atoms with Gasteiger partial charge in [-0.1, -0.05) is 29.0 Å². The molecule has 148 valence electrons. The Bertz CT molecular complexity index is 988. The summed E-state index contributed by atoms with van der Waals surface area (Å²) in [4.78, 5) is 22.0. The summed E-state index contributed by atoms with van der Waals surface area (Å²) in [5.74, 6) is 1.14. The highest BCUT2D eigenvalue weighted by Gasteiger charge is 2.29. The Morgan fingerprint density at radius 2 is 2.11 bits per heavy atom. The van der Waals surface area contributed by atoms with Crippen LogP contribution in [0, 0.1) is 6.92 Å². The normalized spacial score (nSPS) is 13.5. The number of thiazole rings is 1. The second-order valence-electron chi connectivity index (χ2n) is 7.35. The Morgan fingerprint density at radius 3 is 2.86 bits per heavy atom. The lowest BCUT2D eigenvalue weighted by Gasteiger charge is -2.20. The molecule has 3 heterocycles. The van der Waals surface area contributed by atoms with Crippen molar-refractivity contribution >= 4 is 44.2 Å². The van der Waals surface area contributed by atoms with Crippen LogP contribution >= 0.6 is 22.9 Å². The van der Waals surface area contributed by atoms with E-state index in [-0.39, 0.29) is 5.91 Å². The fraction of sp³-hybridized carbons (Fsp3) is 0.474. The van der Waals surface area contributed by atoms with Gasteiger partial charge >= 0.3 is 0 Å². The van der Waals surface area contributed by atoms with Crippen LogP contribution in [0.15, 0.2) is 12.1 Å². The minimum Gasteiger partial charge on any atom is -0.309 e. The number of fused-ring (bicyclic) bond motifs is 2. The molecule has 4 rings (SSSR count). The second-order valence-corrected chi connectivity index (χ2v) is 8.73. The predicted octanol–water partition coefficient (Wildman–Crippen LogP) is 3.39. The number of rotatable bonds is 6. The molecule has 2 aromatic heterocycles. The largest absolute Gasteiger partial charge is 0.309 e. The molecule has 0 unspecified atom stereocenters. The third-order valence-electron chi connectivity index (χ3n) is 4.95. The first-order valence-electron chi connectivity index (χ1n) is 9.40. The summed E-state index contributed by atoms with van der Waals surface area (Å²) < 4.78 is 2.85. The van der Waals surface area contributed by atoms with Crippen molar-refractivity contribution in [2.75, 3.05) is 32.1 Å². The van der Waals surface area contributed by atoms with Crippen LogP contribution in [0.2, 0.25) is 5.02 Å². The minimum absolute atomic E-state index is 0.146. The Kier molecular flexibility index (Phi) is 5.35. The smallest absolute Gasteiger partial charge is 0.298 e. The van der Waals surface area contributed by atoms with Gasteiger partial charge in [-0.15, -0.1) is 10.2 Å². The van der Waals surface area contributed by atoms with Gasteiger partial charge in [-0.05, 0) is 52.0 Å². The zero-order valence-corrected chi connectivity index (χ0v) is 17.8. The molecule has 1 amide bonds. The third kappa shape index (κ3) is 3.52. The zero-order chi connectivity index (χ0) is 19.8. The van der Waals surface area contributed by atoms with Crippen LogP contribution in [-0.2, 0) is 13.0 Å². The molecule has 0 aliphatic carbocycles. The first kappa shape index (κ1) is 19.3. The highest BCUT2D eigenvalue weighted by Crippen LogP contribution is 2.36. The number of hydrogen-bond donors (Lipinski definition) is 0. The van der Waals surface area contributed by atoms with E-state index in [4.69, 9.17) is 16.6 Å². The maximum absolute atomic E-state index is 13.4. The van der Waals surface area contributed by atoms with Crippen LogP contribution in [0.4, 0.5) is 5.13 Å². The van der Waals surface area contributed by atoms with Gasteiger partial charge in [0.15, 0.2) is 5.13 Å². The van der Waals surface area contributed by atoms with Crippen molar-refractivity contribution in [1.82, 2.24) is 24.6 Å². The number of aromatic nitrogens is 4. The number of anilines is 1. The van der Waals surface area contributed by atoms with Crippen molar-refractivity contribution in [1.29, 1.82) is 0 Å². The Morgan fingerprint density at radius 1 is 1.29 bits per heavy atom. The average Bonchev–Trinajstić information content (AvgIpc) is 3.36. The molecule has 0 saturated heterocycles. The second kappa shape index (κ2) is 7.77. The Balaban J connectivity index is 1.72. The lowest BCUT2D eigenvalue weighted by molar-refractivity contribution is 0.0971. The number of amides is 1. The number of hydrogen-bond acceptors (Lipinski definition) is 6. The van der Waals surface area contributed by atoms with Crippen molar-refractivity contribution < 1.29 is 4.79 Å². The maximum Gasteiger partial charge on any atom is 0.298 e. The van der Waals surface area contributed by atoms with E-state index in [9.17, 15) is 4.79 Å². The van der Waals surface area contributed by atoms with Crippen molar-refractivity contribution in [3.63, 3.8) is 0 Å². The molecule has 0 saturated carbocycles. The van der Waals surface area contributed by atoms with Gasteiger partial charge in [-0.2, -0.15) is 0 Å². The van der Waals surface area contributed by atoms with E-state index < -0.39 is 0 Å². The fourth-order valence-electron chi connectivity index (χ4n) is 3.46. The molecule has 28 heavy (non-hydrogen) atoms. The third-order valence-corrected chi connectivity index (χ3v) is 6.49. The predicted molar refractivity (Wildman–Crippen MR) is 113 cm³/mol. The topological polar surface area (TPSA) is 67.2 Å². The molecule has 0 atom stereocenters. The quantitative estimate of drug-likeness (QED) is 0.613. The van der Waals surface area contributed by atoms with E-state index in [0.29, 0.717) is 22.5 Å². The first-order valence-corrected chi connectivity index (χ1v) is 10.6. The van der Waals surface area contributed by atoms with Crippen LogP contribution in [0.5, 0.6) is 0 Å². The van der Waals surface area contributed by atoms with Crippen LogP contribution in [-0.4, -0.2) is 57.7 Å². The van der Waals surface area contributed by atoms with E-state index in [1.807, 2.05) is 37.7 Å². The number of benzene rings is 1. The van der Waals surface area contributed by atoms with E-state index in [2.05, 4.69) is 15.1 Å². The molecule has 0 N–H and O–H groups in total. The number of carbonyl (C=O) groups excluding carboxylic acids is 1. The molecule has 0 radical (unpaired) electrons. The van der Waals surface area contributed by atoms with Crippen molar-refractivity contribution in [3.05, 3.63) is 34.4 Å². The van der Waals surface area contributed by atoms with Crippen LogP contribution in [0.1, 0.15) is 34.8 Å². The SMILES string of the molecule is Cc1ccc(Cl)c2sc(N(CCCN(C)C)C(=O)c3nnc4n3CCC4)nc12. The van der Waals surface area contributed by atoms with Gasteiger partial charge in [0, 0.05) is 19.5 Å². The molecule has 1 aliphatic heterocycles. The highest BCUT2D eigenvalue weighted by molar-refractivity contribution is 7.23. The molecule has 3 aromatic rings. The van der Waals surface area contributed by atoms with Gasteiger partial charge in [0.1, 0.15) is 5.82 Å². The minimum atomic E-state index is -0.146. The summed E-state index contributed by atoms with van der Waals surface area (Å²) >= 11 is 7.84. The fourth-order valence-corrected chi connectivity index (χ4v) is 4.81. The molecule has 0 bridgehead atoms. The zero-order valence-electron chi connectivity index (χ0n) is 16.3. The van der Waals surface area contributed by atoms with Gasteiger partial charge in [0.2, 0.25) is 5.82 Å². The molecular weight excluding hydrogens is 396 g/mol. The van der Waals surface area contributed by atoms with E-state index in [1.54, 1.807) is 4.90 Å². The Labute approximate surface area is 172 Å². The summed E-state index contributed by atoms with van der Waals surface area (Å²) in [6.07, 6.45) is 2.71. The summed E-state index contributed by atoms with van der Waals surface area (Å²) in [7, 11) is 4.05. The van der Waals surface area contributed by atoms with Gasteiger partial charge in [-0.3, -0.25) is 9.69 Å². The lowest BCUT2D eigenvalue weighted by atomic mass is 10.2.